The van der Waals surface area contributed by atoms with Crippen LogP contribution in [0.5, 0.6) is 0 Å². The SMILES string of the molecule is O=C(OCc1cn(-c2ccc(Cl)cc2)nn1)c1ccc(Cl)cc1Cl. The number of aromatic nitrogens is 3. The van der Waals surface area contributed by atoms with Crippen molar-refractivity contribution < 1.29 is 9.53 Å². The number of carbonyl (C=O) groups is 1. The smallest absolute Gasteiger partial charge is 0.340 e. The molecule has 0 aliphatic heterocycles. The Labute approximate surface area is 152 Å². The molecule has 0 aliphatic carbocycles. The number of benzene rings is 2. The van der Waals surface area contributed by atoms with Gasteiger partial charge in [-0.05, 0) is 42.5 Å². The van der Waals surface area contributed by atoms with Crippen LogP contribution in [0.1, 0.15) is 16.1 Å². The summed E-state index contributed by atoms with van der Waals surface area (Å²) in [6, 6.07) is 11.7. The monoisotopic (exact) mass is 381 g/mol. The lowest BCUT2D eigenvalue weighted by Gasteiger charge is -2.04. The standard InChI is InChI=1S/C16H10Cl3N3O2/c17-10-1-4-13(5-2-10)22-8-12(20-21-22)9-24-16(23)14-6-3-11(18)7-15(14)19/h1-8H,9H2. The number of rotatable bonds is 4. The maximum Gasteiger partial charge on any atom is 0.340 e. The second kappa shape index (κ2) is 7.21. The maximum atomic E-state index is 12.0. The second-order valence-electron chi connectivity index (χ2n) is 4.83. The molecule has 122 valence electrons. The van der Waals surface area contributed by atoms with Crippen LogP contribution in [0.2, 0.25) is 15.1 Å². The zero-order valence-corrected chi connectivity index (χ0v) is 14.4. The molecule has 2 aromatic carbocycles. The van der Waals surface area contributed by atoms with Gasteiger partial charge in [0.25, 0.3) is 0 Å². The van der Waals surface area contributed by atoms with Crippen LogP contribution < -0.4 is 0 Å². The highest BCUT2D eigenvalue weighted by molar-refractivity contribution is 6.36. The van der Waals surface area contributed by atoms with Gasteiger partial charge in [0, 0.05) is 10.0 Å². The quantitative estimate of drug-likeness (QED) is 0.620. The van der Waals surface area contributed by atoms with Gasteiger partial charge in [-0.15, -0.1) is 5.10 Å². The summed E-state index contributed by atoms with van der Waals surface area (Å²) in [5.41, 5.74) is 1.54. The zero-order chi connectivity index (χ0) is 17.1. The van der Waals surface area contributed by atoms with E-state index in [0.29, 0.717) is 15.7 Å². The molecule has 0 aliphatic rings. The van der Waals surface area contributed by atoms with Gasteiger partial charge >= 0.3 is 5.97 Å². The summed E-state index contributed by atoms with van der Waals surface area (Å²) < 4.78 is 6.76. The van der Waals surface area contributed by atoms with E-state index in [-0.39, 0.29) is 17.2 Å². The lowest BCUT2D eigenvalue weighted by molar-refractivity contribution is 0.0468. The van der Waals surface area contributed by atoms with E-state index in [9.17, 15) is 4.79 Å². The normalized spacial score (nSPS) is 10.6. The molecule has 3 aromatic rings. The number of ether oxygens (including phenoxy) is 1. The zero-order valence-electron chi connectivity index (χ0n) is 12.1. The number of carbonyl (C=O) groups excluding carboxylic acids is 1. The molecule has 0 atom stereocenters. The summed E-state index contributed by atoms with van der Waals surface area (Å²) >= 11 is 17.6. The number of hydrogen-bond acceptors (Lipinski definition) is 4. The van der Waals surface area contributed by atoms with Crippen LogP contribution in [0.4, 0.5) is 0 Å². The lowest BCUT2D eigenvalue weighted by atomic mass is 10.2. The van der Waals surface area contributed by atoms with Crippen LogP contribution in [0.25, 0.3) is 5.69 Å². The van der Waals surface area contributed by atoms with Gasteiger partial charge < -0.3 is 4.74 Å². The summed E-state index contributed by atoms with van der Waals surface area (Å²) in [5, 5.41) is 9.26. The average molecular weight is 383 g/mol. The van der Waals surface area contributed by atoms with Crippen molar-refractivity contribution in [2.45, 2.75) is 6.61 Å². The molecule has 0 unspecified atom stereocenters. The van der Waals surface area contributed by atoms with E-state index >= 15 is 0 Å². The van der Waals surface area contributed by atoms with Gasteiger partial charge in [0.1, 0.15) is 12.3 Å². The molecule has 24 heavy (non-hydrogen) atoms. The molecule has 1 heterocycles. The lowest BCUT2D eigenvalue weighted by Crippen LogP contribution is -2.06. The Morgan fingerprint density at radius 3 is 2.46 bits per heavy atom. The summed E-state index contributed by atoms with van der Waals surface area (Å²) in [4.78, 5) is 12.0. The van der Waals surface area contributed by atoms with Crippen molar-refractivity contribution in [3.63, 3.8) is 0 Å². The predicted molar refractivity (Wildman–Crippen MR) is 92.0 cm³/mol. The minimum absolute atomic E-state index is 0.0224. The third-order valence-corrected chi connectivity index (χ3v) is 3.93. The Balaban J connectivity index is 1.67. The molecule has 1 aromatic heterocycles. The van der Waals surface area contributed by atoms with Gasteiger partial charge in [-0.1, -0.05) is 40.0 Å². The van der Waals surface area contributed by atoms with Gasteiger partial charge in [-0.2, -0.15) is 0 Å². The van der Waals surface area contributed by atoms with Crippen LogP contribution in [0.15, 0.2) is 48.7 Å². The first-order valence-electron chi connectivity index (χ1n) is 6.82. The predicted octanol–water partition coefficient (Wildman–Crippen LogP) is 4.58. The highest BCUT2D eigenvalue weighted by Crippen LogP contribution is 2.22. The van der Waals surface area contributed by atoms with Crippen molar-refractivity contribution in [3.05, 3.63) is 75.0 Å². The Kier molecular flexibility index (Phi) is 5.04. The molecule has 8 heteroatoms. The van der Waals surface area contributed by atoms with Crippen molar-refractivity contribution in [2.75, 3.05) is 0 Å². The van der Waals surface area contributed by atoms with Gasteiger partial charge in [0.05, 0.1) is 22.5 Å². The fraction of sp³-hybridized carbons (Fsp3) is 0.0625. The molecule has 0 N–H and O–H groups in total. The van der Waals surface area contributed by atoms with E-state index in [1.807, 2.05) is 0 Å². The number of halogens is 3. The topological polar surface area (TPSA) is 57.0 Å². The Hall–Kier alpha value is -2.08. The number of esters is 1. The highest BCUT2D eigenvalue weighted by atomic mass is 35.5. The minimum atomic E-state index is -0.558. The van der Waals surface area contributed by atoms with Crippen molar-refractivity contribution in [1.82, 2.24) is 15.0 Å². The van der Waals surface area contributed by atoms with Crippen LogP contribution in [0, 0.1) is 0 Å². The largest absolute Gasteiger partial charge is 0.455 e. The van der Waals surface area contributed by atoms with Gasteiger partial charge in [-0.3, -0.25) is 0 Å². The maximum absolute atomic E-state index is 12.0. The average Bonchev–Trinajstić information content (AvgIpc) is 3.02. The minimum Gasteiger partial charge on any atom is -0.455 e. The van der Waals surface area contributed by atoms with Crippen molar-refractivity contribution >= 4 is 40.8 Å². The first kappa shape index (κ1) is 16.8. The van der Waals surface area contributed by atoms with E-state index in [2.05, 4.69) is 10.3 Å². The van der Waals surface area contributed by atoms with E-state index in [1.54, 1.807) is 41.2 Å². The summed E-state index contributed by atoms with van der Waals surface area (Å²) in [5.74, 6) is -0.558. The summed E-state index contributed by atoms with van der Waals surface area (Å²) in [6.07, 6.45) is 1.67. The van der Waals surface area contributed by atoms with E-state index < -0.39 is 5.97 Å². The van der Waals surface area contributed by atoms with Crippen molar-refractivity contribution in [3.8, 4) is 5.69 Å². The number of nitrogens with zero attached hydrogens (tertiary/aromatic N) is 3. The molecule has 3 rings (SSSR count). The first-order chi connectivity index (χ1) is 11.5. The molecular formula is C16H10Cl3N3O2. The fourth-order valence-corrected chi connectivity index (χ4v) is 2.57. The Morgan fingerprint density at radius 2 is 1.75 bits per heavy atom. The molecule has 0 fully saturated rings. The molecular weight excluding hydrogens is 373 g/mol. The van der Waals surface area contributed by atoms with Gasteiger partial charge in [-0.25, -0.2) is 9.48 Å². The molecule has 0 radical (unpaired) electrons. The van der Waals surface area contributed by atoms with Gasteiger partial charge in [0.2, 0.25) is 0 Å². The molecule has 0 amide bonds. The van der Waals surface area contributed by atoms with E-state index in [4.69, 9.17) is 39.5 Å². The van der Waals surface area contributed by atoms with E-state index in [0.717, 1.165) is 5.69 Å². The molecule has 0 saturated heterocycles. The number of hydrogen-bond donors (Lipinski definition) is 0. The van der Waals surface area contributed by atoms with Crippen LogP contribution in [-0.2, 0) is 11.3 Å². The fourth-order valence-electron chi connectivity index (χ4n) is 1.96. The molecule has 0 bridgehead atoms. The van der Waals surface area contributed by atoms with Crippen LogP contribution in [-0.4, -0.2) is 21.0 Å². The molecule has 5 nitrogen and oxygen atoms in total. The first-order valence-corrected chi connectivity index (χ1v) is 7.95. The third-order valence-electron chi connectivity index (χ3n) is 3.13. The van der Waals surface area contributed by atoms with Crippen molar-refractivity contribution in [2.24, 2.45) is 0 Å². The van der Waals surface area contributed by atoms with Crippen LogP contribution >= 0.6 is 34.8 Å². The Morgan fingerprint density at radius 1 is 1.04 bits per heavy atom. The summed E-state index contributed by atoms with van der Waals surface area (Å²) in [7, 11) is 0. The molecule has 0 saturated carbocycles. The highest BCUT2D eigenvalue weighted by Gasteiger charge is 2.13. The van der Waals surface area contributed by atoms with Crippen molar-refractivity contribution in [1.29, 1.82) is 0 Å². The second-order valence-corrected chi connectivity index (χ2v) is 6.11. The third kappa shape index (κ3) is 3.87. The van der Waals surface area contributed by atoms with Gasteiger partial charge in [0.15, 0.2) is 0 Å². The molecule has 0 spiro atoms. The summed E-state index contributed by atoms with van der Waals surface area (Å²) in [6.45, 7) is -0.0224. The van der Waals surface area contributed by atoms with Crippen LogP contribution in [0.3, 0.4) is 0 Å². The van der Waals surface area contributed by atoms with E-state index in [1.165, 1.54) is 12.1 Å². The Bertz CT molecular complexity index is 879.